The fraction of sp³-hybridized carbons (Fsp3) is 0.350. The summed E-state index contributed by atoms with van der Waals surface area (Å²) in [5, 5.41) is 3.06. The number of amides is 1. The Hall–Kier alpha value is -2.34. The number of nitrogens with zero attached hydrogens (tertiary/aromatic N) is 1. The van der Waals surface area contributed by atoms with Gasteiger partial charge in [-0.05, 0) is 43.2 Å². The SMILES string of the molecule is O=C(CSc1ccc2c(c1)OCCO2)Nc1ccccc1N1CCCC1. The lowest BCUT2D eigenvalue weighted by molar-refractivity contribution is -0.113. The average molecular weight is 370 g/mol. The number of carbonyl (C=O) groups excluding carboxylic acids is 1. The van der Waals surface area contributed by atoms with Crippen LogP contribution in [0.2, 0.25) is 0 Å². The number of ether oxygens (including phenoxy) is 2. The normalized spacial score (nSPS) is 15.8. The molecule has 6 heteroatoms. The second-order valence-corrected chi connectivity index (χ2v) is 7.40. The van der Waals surface area contributed by atoms with Crippen molar-refractivity contribution in [1.29, 1.82) is 0 Å². The van der Waals surface area contributed by atoms with Gasteiger partial charge in [-0.15, -0.1) is 11.8 Å². The fourth-order valence-corrected chi connectivity index (χ4v) is 3.99. The van der Waals surface area contributed by atoms with E-state index < -0.39 is 0 Å². The summed E-state index contributed by atoms with van der Waals surface area (Å²) in [5.74, 6) is 1.87. The number of rotatable bonds is 5. The number of nitrogens with one attached hydrogen (secondary N) is 1. The molecule has 0 atom stereocenters. The van der Waals surface area contributed by atoms with Gasteiger partial charge in [-0.2, -0.15) is 0 Å². The first-order chi connectivity index (χ1) is 12.8. The summed E-state index contributed by atoms with van der Waals surface area (Å²) in [5.41, 5.74) is 2.00. The third-order valence-corrected chi connectivity index (χ3v) is 5.50. The summed E-state index contributed by atoms with van der Waals surface area (Å²) >= 11 is 1.50. The maximum Gasteiger partial charge on any atom is 0.234 e. The molecule has 0 aromatic heterocycles. The molecule has 26 heavy (non-hydrogen) atoms. The molecular weight excluding hydrogens is 348 g/mol. The van der Waals surface area contributed by atoms with Crippen molar-refractivity contribution in [1.82, 2.24) is 0 Å². The van der Waals surface area contributed by atoms with E-state index in [2.05, 4.69) is 16.3 Å². The Morgan fingerprint density at radius 1 is 1.04 bits per heavy atom. The van der Waals surface area contributed by atoms with Gasteiger partial charge in [0.1, 0.15) is 13.2 Å². The van der Waals surface area contributed by atoms with Gasteiger partial charge in [0.05, 0.1) is 17.1 Å². The minimum Gasteiger partial charge on any atom is -0.486 e. The lowest BCUT2D eigenvalue weighted by Crippen LogP contribution is -2.21. The van der Waals surface area contributed by atoms with E-state index in [1.165, 1.54) is 24.6 Å². The molecule has 2 aromatic rings. The minimum absolute atomic E-state index is 0.00321. The van der Waals surface area contributed by atoms with Crippen LogP contribution in [0.15, 0.2) is 47.4 Å². The lowest BCUT2D eigenvalue weighted by atomic mass is 10.2. The summed E-state index contributed by atoms with van der Waals surface area (Å²) in [6, 6.07) is 13.8. The number of carbonyl (C=O) groups is 1. The highest BCUT2D eigenvalue weighted by atomic mass is 32.2. The van der Waals surface area contributed by atoms with Crippen molar-refractivity contribution in [2.75, 3.05) is 42.3 Å². The summed E-state index contributed by atoms with van der Waals surface area (Å²) < 4.78 is 11.1. The number of benzene rings is 2. The molecule has 0 unspecified atom stereocenters. The molecule has 1 fully saturated rings. The van der Waals surface area contributed by atoms with E-state index in [0.717, 1.165) is 40.9 Å². The van der Waals surface area contributed by atoms with Gasteiger partial charge in [0.25, 0.3) is 0 Å². The summed E-state index contributed by atoms with van der Waals surface area (Å²) in [7, 11) is 0. The first-order valence-corrected chi connectivity index (χ1v) is 9.94. The lowest BCUT2D eigenvalue weighted by Gasteiger charge is -2.21. The zero-order chi connectivity index (χ0) is 17.8. The number of hydrogen-bond acceptors (Lipinski definition) is 5. The summed E-state index contributed by atoms with van der Waals surface area (Å²) in [6.45, 7) is 3.25. The molecule has 2 aliphatic heterocycles. The Bertz CT molecular complexity index is 790. The molecule has 2 aliphatic rings. The molecule has 1 N–H and O–H groups in total. The Balaban J connectivity index is 1.37. The van der Waals surface area contributed by atoms with Gasteiger partial charge in [-0.25, -0.2) is 0 Å². The van der Waals surface area contributed by atoms with Gasteiger partial charge in [-0.1, -0.05) is 12.1 Å². The van der Waals surface area contributed by atoms with E-state index in [-0.39, 0.29) is 5.91 Å². The highest BCUT2D eigenvalue weighted by Gasteiger charge is 2.17. The van der Waals surface area contributed by atoms with Gasteiger partial charge in [0.2, 0.25) is 5.91 Å². The largest absolute Gasteiger partial charge is 0.486 e. The van der Waals surface area contributed by atoms with E-state index in [9.17, 15) is 4.79 Å². The van der Waals surface area contributed by atoms with Crippen LogP contribution in [0.1, 0.15) is 12.8 Å². The van der Waals surface area contributed by atoms with Crippen LogP contribution >= 0.6 is 11.8 Å². The van der Waals surface area contributed by atoms with Crippen LogP contribution in [0.5, 0.6) is 11.5 Å². The van der Waals surface area contributed by atoms with Crippen molar-refractivity contribution in [3.8, 4) is 11.5 Å². The van der Waals surface area contributed by atoms with Crippen molar-refractivity contribution in [2.24, 2.45) is 0 Å². The molecule has 0 spiro atoms. The number of para-hydroxylation sites is 2. The molecule has 0 radical (unpaired) electrons. The van der Waals surface area contributed by atoms with Crippen LogP contribution in [0, 0.1) is 0 Å². The average Bonchev–Trinajstić information content (AvgIpc) is 3.21. The zero-order valence-electron chi connectivity index (χ0n) is 14.6. The van der Waals surface area contributed by atoms with Crippen molar-refractivity contribution in [3.63, 3.8) is 0 Å². The Kier molecular flexibility index (Phi) is 5.20. The molecule has 0 saturated carbocycles. The number of hydrogen-bond donors (Lipinski definition) is 1. The van der Waals surface area contributed by atoms with Gasteiger partial charge in [-0.3, -0.25) is 4.79 Å². The Labute approximate surface area is 157 Å². The van der Waals surface area contributed by atoms with Crippen LogP contribution in [0.3, 0.4) is 0 Å². The van der Waals surface area contributed by atoms with Crippen LogP contribution in [0.25, 0.3) is 0 Å². The molecule has 136 valence electrons. The Morgan fingerprint density at radius 2 is 1.81 bits per heavy atom. The molecular formula is C20H22N2O3S. The quantitative estimate of drug-likeness (QED) is 0.812. The maximum absolute atomic E-state index is 12.4. The highest BCUT2D eigenvalue weighted by molar-refractivity contribution is 8.00. The molecule has 0 bridgehead atoms. The molecule has 4 rings (SSSR count). The number of fused-ring (bicyclic) bond motifs is 1. The monoisotopic (exact) mass is 370 g/mol. The summed E-state index contributed by atoms with van der Waals surface area (Å²) in [6.07, 6.45) is 2.42. The van der Waals surface area contributed by atoms with Gasteiger partial charge in [0.15, 0.2) is 11.5 Å². The van der Waals surface area contributed by atoms with Crippen molar-refractivity contribution in [3.05, 3.63) is 42.5 Å². The van der Waals surface area contributed by atoms with Crippen LogP contribution in [0.4, 0.5) is 11.4 Å². The number of anilines is 2. The van der Waals surface area contributed by atoms with E-state index >= 15 is 0 Å². The molecule has 2 heterocycles. The van der Waals surface area contributed by atoms with Crippen molar-refractivity contribution < 1.29 is 14.3 Å². The van der Waals surface area contributed by atoms with Crippen LogP contribution in [-0.4, -0.2) is 38.0 Å². The minimum atomic E-state index is -0.00321. The summed E-state index contributed by atoms with van der Waals surface area (Å²) in [4.78, 5) is 15.8. The van der Waals surface area contributed by atoms with Crippen molar-refractivity contribution >= 4 is 29.0 Å². The number of thioether (sulfide) groups is 1. The topological polar surface area (TPSA) is 50.8 Å². The Morgan fingerprint density at radius 3 is 2.65 bits per heavy atom. The standard InChI is InChI=1S/C20H22N2O3S/c23-20(14-26-15-7-8-18-19(13-15)25-12-11-24-18)21-16-5-1-2-6-17(16)22-9-3-4-10-22/h1-2,5-8,13H,3-4,9-12,14H2,(H,21,23). The molecule has 2 aromatic carbocycles. The van der Waals surface area contributed by atoms with Crippen LogP contribution < -0.4 is 19.7 Å². The third kappa shape index (κ3) is 3.90. The molecule has 1 amide bonds. The van der Waals surface area contributed by atoms with E-state index in [4.69, 9.17) is 9.47 Å². The predicted octanol–water partition coefficient (Wildman–Crippen LogP) is 3.79. The second-order valence-electron chi connectivity index (χ2n) is 6.35. The second kappa shape index (κ2) is 7.91. The van der Waals surface area contributed by atoms with Crippen molar-refractivity contribution in [2.45, 2.75) is 17.7 Å². The molecule has 1 saturated heterocycles. The third-order valence-electron chi connectivity index (χ3n) is 4.51. The first kappa shape index (κ1) is 17.1. The van der Waals surface area contributed by atoms with Gasteiger partial charge < -0.3 is 19.7 Å². The molecule has 0 aliphatic carbocycles. The van der Waals surface area contributed by atoms with Crippen LogP contribution in [-0.2, 0) is 4.79 Å². The van der Waals surface area contributed by atoms with Gasteiger partial charge in [0, 0.05) is 18.0 Å². The van der Waals surface area contributed by atoms with E-state index in [1.807, 2.05) is 36.4 Å². The van der Waals surface area contributed by atoms with E-state index in [1.54, 1.807) is 0 Å². The maximum atomic E-state index is 12.4. The smallest absolute Gasteiger partial charge is 0.234 e. The highest BCUT2D eigenvalue weighted by Crippen LogP contribution is 2.34. The predicted molar refractivity (Wildman–Crippen MR) is 105 cm³/mol. The van der Waals surface area contributed by atoms with Gasteiger partial charge >= 0.3 is 0 Å². The van der Waals surface area contributed by atoms with E-state index in [0.29, 0.717) is 19.0 Å². The zero-order valence-corrected chi connectivity index (χ0v) is 15.4. The fourth-order valence-electron chi connectivity index (χ4n) is 3.26. The molecule has 5 nitrogen and oxygen atoms in total. The first-order valence-electron chi connectivity index (χ1n) is 8.96.